The van der Waals surface area contributed by atoms with Crippen molar-refractivity contribution in [1.29, 1.82) is 0 Å². The fraction of sp³-hybridized carbons (Fsp3) is 0.588. The van der Waals surface area contributed by atoms with Crippen LogP contribution >= 0.6 is 0 Å². The predicted molar refractivity (Wildman–Crippen MR) is 89.5 cm³/mol. The summed E-state index contributed by atoms with van der Waals surface area (Å²) in [6.45, 7) is 1.75. The van der Waals surface area contributed by atoms with Gasteiger partial charge in [0.25, 0.3) is 5.91 Å². The summed E-state index contributed by atoms with van der Waals surface area (Å²) < 4.78 is 22.9. The van der Waals surface area contributed by atoms with Crippen molar-refractivity contribution >= 4 is 21.4 Å². The maximum absolute atomic E-state index is 12.5. The molecule has 0 N–H and O–H groups in total. The Hall–Kier alpha value is -1.56. The van der Waals surface area contributed by atoms with E-state index in [0.717, 1.165) is 12.5 Å². The Morgan fingerprint density at radius 2 is 1.74 bits per heavy atom. The van der Waals surface area contributed by atoms with Crippen LogP contribution in [0.1, 0.15) is 29.6 Å². The molecule has 2 unspecified atom stereocenters. The number of carbonyl (C=O) groups excluding carboxylic acids is 1. The number of rotatable bonds is 2. The van der Waals surface area contributed by atoms with Crippen LogP contribution in [0.4, 0.5) is 5.69 Å². The molecule has 0 aromatic heterocycles. The van der Waals surface area contributed by atoms with E-state index in [2.05, 4.69) is 4.90 Å². The fourth-order valence-corrected chi connectivity index (χ4v) is 5.34. The molecule has 1 amide bonds. The number of hydrogen-bond acceptors (Lipinski definition) is 4. The number of hydrogen-bond donors (Lipinski definition) is 0. The first-order chi connectivity index (χ1) is 11.0. The van der Waals surface area contributed by atoms with E-state index in [0.29, 0.717) is 24.7 Å². The lowest BCUT2D eigenvalue weighted by Gasteiger charge is -2.30. The number of anilines is 1. The molecule has 2 saturated heterocycles. The van der Waals surface area contributed by atoms with Crippen LogP contribution in [0.5, 0.6) is 0 Å². The Morgan fingerprint density at radius 3 is 2.30 bits per heavy atom. The molecule has 3 fully saturated rings. The first-order valence-corrected chi connectivity index (χ1v) is 10.2. The normalized spacial score (nSPS) is 29.0. The van der Waals surface area contributed by atoms with E-state index in [1.807, 2.05) is 24.3 Å². The zero-order valence-electron chi connectivity index (χ0n) is 13.1. The highest BCUT2D eigenvalue weighted by Gasteiger charge is 2.37. The molecule has 2 heterocycles. The maximum Gasteiger partial charge on any atom is 0.253 e. The van der Waals surface area contributed by atoms with E-state index in [1.165, 1.54) is 24.9 Å². The van der Waals surface area contributed by atoms with Gasteiger partial charge in [-0.1, -0.05) is 0 Å². The van der Waals surface area contributed by atoms with E-state index in [1.54, 1.807) is 4.90 Å². The molecular formula is C17H22N2O3S. The largest absolute Gasteiger partial charge is 0.368 e. The molecule has 2 bridgehead atoms. The van der Waals surface area contributed by atoms with Gasteiger partial charge in [0, 0.05) is 36.9 Å². The van der Waals surface area contributed by atoms with Crippen molar-refractivity contribution in [3.63, 3.8) is 0 Å². The van der Waals surface area contributed by atoms with Crippen LogP contribution in [0.3, 0.4) is 0 Å². The third-order valence-corrected chi connectivity index (χ3v) is 7.10. The lowest BCUT2D eigenvalue weighted by Crippen LogP contribution is -2.43. The van der Waals surface area contributed by atoms with E-state index < -0.39 is 9.84 Å². The van der Waals surface area contributed by atoms with Crippen LogP contribution in [0, 0.1) is 5.92 Å². The molecule has 23 heavy (non-hydrogen) atoms. The van der Waals surface area contributed by atoms with Crippen molar-refractivity contribution in [2.75, 3.05) is 36.0 Å². The minimum atomic E-state index is -2.95. The monoisotopic (exact) mass is 334 g/mol. The number of amides is 1. The zero-order valence-corrected chi connectivity index (χ0v) is 14.0. The van der Waals surface area contributed by atoms with Crippen molar-refractivity contribution in [2.24, 2.45) is 5.92 Å². The maximum atomic E-state index is 12.5. The Balaban J connectivity index is 1.45. The molecule has 5 nitrogen and oxygen atoms in total. The Labute approximate surface area is 137 Å². The van der Waals surface area contributed by atoms with Crippen LogP contribution in [-0.2, 0) is 9.84 Å². The van der Waals surface area contributed by atoms with Gasteiger partial charge >= 0.3 is 0 Å². The van der Waals surface area contributed by atoms with Crippen LogP contribution < -0.4 is 4.90 Å². The van der Waals surface area contributed by atoms with Crippen LogP contribution in [0.15, 0.2) is 24.3 Å². The molecule has 1 aliphatic carbocycles. The summed E-state index contributed by atoms with van der Waals surface area (Å²) in [5, 5.41) is 0. The number of sulfone groups is 1. The summed E-state index contributed by atoms with van der Waals surface area (Å²) in [6.07, 6.45) is 3.95. The quantitative estimate of drug-likeness (QED) is 0.823. The number of nitrogens with zero attached hydrogens (tertiary/aromatic N) is 2. The second-order valence-corrected chi connectivity index (χ2v) is 9.28. The Bertz CT molecular complexity index is 700. The van der Waals surface area contributed by atoms with Crippen molar-refractivity contribution in [1.82, 2.24) is 4.90 Å². The second-order valence-electron chi connectivity index (χ2n) is 6.98. The average Bonchev–Trinajstić information content (AvgIpc) is 3.17. The molecule has 0 radical (unpaired) electrons. The molecule has 1 aromatic rings. The topological polar surface area (TPSA) is 57.7 Å². The SMILES string of the molecule is O=C(c1ccc(N2CC3CCC2C3)cc1)N1CCS(=O)(=O)CC1. The van der Waals surface area contributed by atoms with Gasteiger partial charge in [-0.05, 0) is 49.4 Å². The summed E-state index contributed by atoms with van der Waals surface area (Å²) in [6, 6.07) is 8.51. The van der Waals surface area contributed by atoms with E-state index in [9.17, 15) is 13.2 Å². The number of carbonyl (C=O) groups is 1. The second kappa shape index (κ2) is 5.51. The van der Waals surface area contributed by atoms with Crippen LogP contribution in [0.25, 0.3) is 0 Å². The summed E-state index contributed by atoms with van der Waals surface area (Å²) in [4.78, 5) is 16.6. The van der Waals surface area contributed by atoms with Crippen molar-refractivity contribution in [3.05, 3.63) is 29.8 Å². The van der Waals surface area contributed by atoms with Gasteiger partial charge in [-0.2, -0.15) is 0 Å². The third kappa shape index (κ3) is 2.84. The molecule has 124 valence electrons. The zero-order chi connectivity index (χ0) is 16.0. The van der Waals surface area contributed by atoms with Gasteiger partial charge in [-0.15, -0.1) is 0 Å². The smallest absolute Gasteiger partial charge is 0.253 e. The van der Waals surface area contributed by atoms with Gasteiger partial charge in [-0.3, -0.25) is 4.79 Å². The van der Waals surface area contributed by atoms with E-state index in [-0.39, 0.29) is 17.4 Å². The first kappa shape index (κ1) is 15.0. The number of piperidine rings is 1. The molecule has 1 aromatic carbocycles. The lowest BCUT2D eigenvalue weighted by molar-refractivity contribution is 0.0770. The minimum Gasteiger partial charge on any atom is -0.368 e. The molecule has 4 rings (SSSR count). The third-order valence-electron chi connectivity index (χ3n) is 5.49. The van der Waals surface area contributed by atoms with E-state index in [4.69, 9.17) is 0 Å². The molecule has 1 saturated carbocycles. The molecule has 3 aliphatic rings. The summed E-state index contributed by atoms with van der Waals surface area (Å²) in [5.41, 5.74) is 1.85. The molecule has 0 spiro atoms. The fourth-order valence-electron chi connectivity index (χ4n) is 4.13. The standard InChI is InChI=1S/C17H22N2O3S/c20-17(18-7-9-23(21,22)10-8-18)14-2-5-15(6-3-14)19-12-13-1-4-16(19)11-13/h2-3,5-6,13,16H,1,4,7-12H2. The van der Waals surface area contributed by atoms with E-state index >= 15 is 0 Å². The lowest BCUT2D eigenvalue weighted by atomic mass is 10.1. The highest BCUT2D eigenvalue weighted by molar-refractivity contribution is 7.91. The Morgan fingerprint density at radius 1 is 1.04 bits per heavy atom. The van der Waals surface area contributed by atoms with Gasteiger partial charge in [0.2, 0.25) is 0 Å². The number of fused-ring (bicyclic) bond motifs is 2. The van der Waals surface area contributed by atoms with Crippen molar-refractivity contribution in [2.45, 2.75) is 25.3 Å². The summed E-state index contributed by atoms with van der Waals surface area (Å²) in [5.74, 6) is 0.937. The average molecular weight is 334 g/mol. The Kier molecular flexibility index (Phi) is 3.59. The van der Waals surface area contributed by atoms with Gasteiger partial charge in [0.1, 0.15) is 0 Å². The molecule has 2 aliphatic heterocycles. The van der Waals surface area contributed by atoms with Crippen LogP contribution in [0.2, 0.25) is 0 Å². The highest BCUT2D eigenvalue weighted by atomic mass is 32.2. The molecule has 2 atom stereocenters. The van der Waals surface area contributed by atoms with Gasteiger partial charge in [0.05, 0.1) is 11.5 Å². The van der Waals surface area contributed by atoms with Crippen molar-refractivity contribution in [3.8, 4) is 0 Å². The first-order valence-electron chi connectivity index (χ1n) is 8.38. The number of benzene rings is 1. The van der Waals surface area contributed by atoms with Crippen LogP contribution in [-0.4, -0.2) is 56.4 Å². The summed E-state index contributed by atoms with van der Waals surface area (Å²) >= 11 is 0. The summed E-state index contributed by atoms with van der Waals surface area (Å²) in [7, 11) is -2.95. The highest BCUT2D eigenvalue weighted by Crippen LogP contribution is 2.40. The molecule has 6 heteroatoms. The molecular weight excluding hydrogens is 312 g/mol. The van der Waals surface area contributed by atoms with Crippen molar-refractivity contribution < 1.29 is 13.2 Å². The van der Waals surface area contributed by atoms with Gasteiger partial charge in [0.15, 0.2) is 9.84 Å². The predicted octanol–water partition coefficient (Wildman–Crippen LogP) is 1.55. The van der Waals surface area contributed by atoms with Gasteiger partial charge in [-0.25, -0.2) is 8.42 Å². The van der Waals surface area contributed by atoms with Gasteiger partial charge < -0.3 is 9.80 Å². The minimum absolute atomic E-state index is 0.0607.